The van der Waals surface area contributed by atoms with E-state index in [0.717, 1.165) is 12.1 Å². The highest BCUT2D eigenvalue weighted by atomic mass is 19.2. The Hall–Kier alpha value is -3.62. The monoisotopic (exact) mass is 384 g/mol. The molecule has 2 aromatic heterocycles. The summed E-state index contributed by atoms with van der Waals surface area (Å²) in [5.41, 5.74) is 0.405. The minimum absolute atomic E-state index is 0.0228. The molecule has 7 nitrogen and oxygen atoms in total. The standard InChI is InChI=1S/C19H14F2N4O3/c1-9(2)25-15-6-4-10(8-14(15)22-17(26)19(25)27)16-23-18(28-24-16)11-3-5-12(20)13(21)7-11/h3-9H,1-2H3,(H,22,26). The number of hydrogen-bond acceptors (Lipinski definition) is 5. The van der Waals surface area contributed by atoms with Gasteiger partial charge < -0.3 is 9.51 Å². The van der Waals surface area contributed by atoms with E-state index in [-0.39, 0.29) is 23.3 Å². The lowest BCUT2D eigenvalue weighted by atomic mass is 10.1. The van der Waals surface area contributed by atoms with Gasteiger partial charge in [0.2, 0.25) is 5.82 Å². The van der Waals surface area contributed by atoms with Crippen LogP contribution in [-0.4, -0.2) is 19.7 Å². The van der Waals surface area contributed by atoms with Crippen molar-refractivity contribution in [2.45, 2.75) is 19.9 Å². The molecule has 0 aliphatic carbocycles. The van der Waals surface area contributed by atoms with Gasteiger partial charge >= 0.3 is 11.1 Å². The predicted molar refractivity (Wildman–Crippen MR) is 97.9 cm³/mol. The summed E-state index contributed by atoms with van der Waals surface area (Å²) < 4.78 is 33.0. The molecule has 4 aromatic rings. The molecule has 2 heterocycles. The van der Waals surface area contributed by atoms with E-state index in [0.29, 0.717) is 16.6 Å². The molecule has 0 atom stereocenters. The third-order valence-corrected chi connectivity index (χ3v) is 4.28. The number of nitrogens with zero attached hydrogens (tertiary/aromatic N) is 3. The van der Waals surface area contributed by atoms with Crippen molar-refractivity contribution >= 4 is 11.0 Å². The first-order chi connectivity index (χ1) is 13.3. The van der Waals surface area contributed by atoms with E-state index < -0.39 is 22.8 Å². The first-order valence-electron chi connectivity index (χ1n) is 8.43. The van der Waals surface area contributed by atoms with Gasteiger partial charge in [0.05, 0.1) is 11.0 Å². The Kier molecular flexibility index (Phi) is 4.14. The molecule has 0 unspecified atom stereocenters. The lowest BCUT2D eigenvalue weighted by Gasteiger charge is -2.13. The third-order valence-electron chi connectivity index (χ3n) is 4.28. The fourth-order valence-electron chi connectivity index (χ4n) is 2.98. The summed E-state index contributed by atoms with van der Waals surface area (Å²) >= 11 is 0. The first kappa shape index (κ1) is 17.8. The summed E-state index contributed by atoms with van der Waals surface area (Å²) in [4.78, 5) is 30.8. The molecule has 28 heavy (non-hydrogen) atoms. The van der Waals surface area contributed by atoms with Gasteiger partial charge in [0, 0.05) is 17.2 Å². The number of halogens is 2. The van der Waals surface area contributed by atoms with Gasteiger partial charge in [0.15, 0.2) is 11.6 Å². The summed E-state index contributed by atoms with van der Waals surface area (Å²) in [5.74, 6) is -1.77. The van der Waals surface area contributed by atoms with E-state index in [9.17, 15) is 18.4 Å². The number of fused-ring (bicyclic) bond motifs is 1. The van der Waals surface area contributed by atoms with Crippen molar-refractivity contribution in [3.8, 4) is 22.8 Å². The molecule has 0 radical (unpaired) electrons. The Bertz CT molecular complexity index is 1320. The normalized spacial score (nSPS) is 11.5. The largest absolute Gasteiger partial charge is 0.334 e. The number of aromatic amines is 1. The Balaban J connectivity index is 1.81. The average Bonchev–Trinajstić information content (AvgIpc) is 3.14. The number of nitrogens with one attached hydrogen (secondary N) is 1. The minimum atomic E-state index is -1.02. The molecule has 0 saturated carbocycles. The summed E-state index contributed by atoms with van der Waals surface area (Å²) in [6.45, 7) is 3.61. The second-order valence-corrected chi connectivity index (χ2v) is 6.51. The van der Waals surface area contributed by atoms with Crippen molar-refractivity contribution in [3.63, 3.8) is 0 Å². The fourth-order valence-corrected chi connectivity index (χ4v) is 2.98. The SMILES string of the molecule is CC(C)n1c(=O)c(=O)[nH]c2cc(-c3noc(-c4ccc(F)c(F)c4)n3)ccc21. The average molecular weight is 384 g/mol. The van der Waals surface area contributed by atoms with Gasteiger partial charge in [-0.1, -0.05) is 5.16 Å². The van der Waals surface area contributed by atoms with Crippen LogP contribution in [0, 0.1) is 11.6 Å². The van der Waals surface area contributed by atoms with Gasteiger partial charge in [-0.2, -0.15) is 4.98 Å². The molecule has 1 N–H and O–H groups in total. The number of hydrogen-bond donors (Lipinski definition) is 1. The Morgan fingerprint density at radius 2 is 1.79 bits per heavy atom. The summed E-state index contributed by atoms with van der Waals surface area (Å²) in [6, 6.07) is 8.04. The minimum Gasteiger partial charge on any atom is -0.334 e. The number of aromatic nitrogens is 4. The van der Waals surface area contributed by atoms with Crippen molar-refractivity contribution in [1.82, 2.24) is 19.7 Å². The van der Waals surface area contributed by atoms with Crippen LogP contribution in [0.15, 0.2) is 50.5 Å². The van der Waals surface area contributed by atoms with Crippen LogP contribution in [0.5, 0.6) is 0 Å². The third kappa shape index (κ3) is 2.90. The van der Waals surface area contributed by atoms with Gasteiger partial charge in [-0.3, -0.25) is 14.2 Å². The summed E-state index contributed by atoms with van der Waals surface area (Å²) in [6.07, 6.45) is 0. The van der Waals surface area contributed by atoms with Gasteiger partial charge in [-0.15, -0.1) is 0 Å². The molecule has 0 saturated heterocycles. The van der Waals surface area contributed by atoms with Crippen molar-refractivity contribution < 1.29 is 13.3 Å². The molecule has 0 bridgehead atoms. The van der Waals surface area contributed by atoms with E-state index in [1.807, 2.05) is 13.8 Å². The topological polar surface area (TPSA) is 93.8 Å². The molecule has 0 spiro atoms. The molecule has 9 heteroatoms. The first-order valence-corrected chi connectivity index (χ1v) is 8.43. The molecular weight excluding hydrogens is 370 g/mol. The van der Waals surface area contributed by atoms with Crippen molar-refractivity contribution in [1.29, 1.82) is 0 Å². The van der Waals surface area contributed by atoms with E-state index in [2.05, 4.69) is 15.1 Å². The second-order valence-electron chi connectivity index (χ2n) is 6.51. The zero-order valence-electron chi connectivity index (χ0n) is 14.9. The highest BCUT2D eigenvalue weighted by Gasteiger charge is 2.15. The molecule has 4 rings (SSSR count). The van der Waals surface area contributed by atoms with Crippen LogP contribution in [0.4, 0.5) is 8.78 Å². The molecular formula is C19H14F2N4O3. The lowest BCUT2D eigenvalue weighted by Crippen LogP contribution is -2.37. The number of H-pyrrole nitrogens is 1. The highest BCUT2D eigenvalue weighted by molar-refractivity contribution is 5.80. The van der Waals surface area contributed by atoms with Crippen molar-refractivity contribution in [2.75, 3.05) is 0 Å². The molecule has 0 aliphatic heterocycles. The van der Waals surface area contributed by atoms with E-state index in [1.54, 1.807) is 18.2 Å². The number of benzene rings is 2. The highest BCUT2D eigenvalue weighted by Crippen LogP contribution is 2.25. The summed E-state index contributed by atoms with van der Waals surface area (Å²) in [5, 5.41) is 3.86. The fraction of sp³-hybridized carbons (Fsp3) is 0.158. The van der Waals surface area contributed by atoms with Gasteiger partial charge in [0.25, 0.3) is 5.89 Å². The van der Waals surface area contributed by atoms with E-state index >= 15 is 0 Å². The summed E-state index contributed by atoms with van der Waals surface area (Å²) in [7, 11) is 0. The second kappa shape index (κ2) is 6.52. The van der Waals surface area contributed by atoms with Crippen LogP contribution in [-0.2, 0) is 0 Å². The van der Waals surface area contributed by atoms with Crippen molar-refractivity contribution in [3.05, 3.63) is 68.7 Å². The Labute approximate surface area is 156 Å². The molecule has 142 valence electrons. The van der Waals surface area contributed by atoms with Crippen LogP contribution in [0.1, 0.15) is 19.9 Å². The zero-order valence-corrected chi connectivity index (χ0v) is 14.9. The van der Waals surface area contributed by atoms with Gasteiger partial charge in [-0.05, 0) is 50.2 Å². The van der Waals surface area contributed by atoms with E-state index in [1.165, 1.54) is 10.6 Å². The molecule has 0 aliphatic rings. The molecule has 2 aromatic carbocycles. The van der Waals surface area contributed by atoms with Crippen molar-refractivity contribution in [2.24, 2.45) is 0 Å². The van der Waals surface area contributed by atoms with Crippen LogP contribution in [0.25, 0.3) is 33.9 Å². The predicted octanol–water partition coefficient (Wildman–Crippen LogP) is 3.27. The quantitative estimate of drug-likeness (QED) is 0.547. The lowest BCUT2D eigenvalue weighted by molar-refractivity contribution is 0.431. The zero-order chi connectivity index (χ0) is 20.0. The van der Waals surface area contributed by atoms with Crippen LogP contribution in [0.3, 0.4) is 0 Å². The Morgan fingerprint density at radius 3 is 2.50 bits per heavy atom. The molecule has 0 amide bonds. The Morgan fingerprint density at radius 1 is 1.04 bits per heavy atom. The van der Waals surface area contributed by atoms with Gasteiger partial charge in [-0.25, -0.2) is 8.78 Å². The van der Waals surface area contributed by atoms with Crippen LogP contribution >= 0.6 is 0 Å². The molecule has 0 fully saturated rings. The maximum atomic E-state index is 13.4. The van der Waals surface area contributed by atoms with Gasteiger partial charge in [0.1, 0.15) is 0 Å². The number of rotatable bonds is 3. The van der Waals surface area contributed by atoms with Crippen LogP contribution < -0.4 is 11.1 Å². The van der Waals surface area contributed by atoms with Crippen LogP contribution in [0.2, 0.25) is 0 Å². The maximum Gasteiger partial charge on any atom is 0.316 e. The maximum absolute atomic E-state index is 13.4. The van der Waals surface area contributed by atoms with E-state index in [4.69, 9.17) is 4.52 Å². The smallest absolute Gasteiger partial charge is 0.316 e.